The lowest BCUT2D eigenvalue weighted by molar-refractivity contribution is 0.185. The predicted octanol–water partition coefficient (Wildman–Crippen LogP) is 2.52. The van der Waals surface area contributed by atoms with Gasteiger partial charge in [-0.25, -0.2) is 9.98 Å². The van der Waals surface area contributed by atoms with Crippen molar-refractivity contribution < 1.29 is 4.74 Å². The maximum Gasteiger partial charge on any atom is 0.193 e. The Bertz CT molecular complexity index is 594. The molecule has 106 valence electrons. The second-order valence-corrected chi connectivity index (χ2v) is 5.22. The minimum absolute atomic E-state index is 0.390. The van der Waals surface area contributed by atoms with Gasteiger partial charge >= 0.3 is 0 Å². The third kappa shape index (κ3) is 3.79. The number of nitrogens with one attached hydrogen (secondary N) is 1. The molecule has 0 spiro atoms. The van der Waals surface area contributed by atoms with Gasteiger partial charge in [0.15, 0.2) is 5.96 Å². The fraction of sp³-hybridized carbons (Fsp3) is 0.286. The first-order valence-corrected chi connectivity index (χ1v) is 7.11. The van der Waals surface area contributed by atoms with Gasteiger partial charge in [-0.3, -0.25) is 0 Å². The van der Waals surface area contributed by atoms with Gasteiger partial charge in [0.05, 0.1) is 24.4 Å². The van der Waals surface area contributed by atoms with E-state index in [-0.39, 0.29) is 0 Å². The SMILES string of the molecule is COCc1ccccc1NC(N)=NCc1scnc1C. The smallest absolute Gasteiger partial charge is 0.193 e. The summed E-state index contributed by atoms with van der Waals surface area (Å²) in [6, 6.07) is 7.86. The number of methoxy groups -OCH3 is 1. The summed E-state index contributed by atoms with van der Waals surface area (Å²) >= 11 is 1.59. The van der Waals surface area contributed by atoms with Gasteiger partial charge in [0.2, 0.25) is 0 Å². The fourth-order valence-corrected chi connectivity index (χ4v) is 2.44. The zero-order valence-electron chi connectivity index (χ0n) is 11.6. The average Bonchev–Trinajstić information content (AvgIpc) is 2.84. The molecule has 0 bridgehead atoms. The summed E-state index contributed by atoms with van der Waals surface area (Å²) < 4.78 is 5.16. The first-order valence-electron chi connectivity index (χ1n) is 6.23. The highest BCUT2D eigenvalue weighted by Crippen LogP contribution is 2.16. The summed E-state index contributed by atoms with van der Waals surface area (Å²) in [6.45, 7) is 3.05. The largest absolute Gasteiger partial charge is 0.380 e. The first-order chi connectivity index (χ1) is 9.70. The third-order valence-corrected chi connectivity index (χ3v) is 3.74. The van der Waals surface area contributed by atoms with Crippen molar-refractivity contribution in [1.82, 2.24) is 4.98 Å². The number of nitrogens with two attached hydrogens (primary N) is 1. The van der Waals surface area contributed by atoms with Gasteiger partial charge in [-0.05, 0) is 13.0 Å². The zero-order chi connectivity index (χ0) is 14.4. The molecule has 0 unspecified atom stereocenters. The van der Waals surface area contributed by atoms with Gasteiger partial charge in [0, 0.05) is 23.2 Å². The van der Waals surface area contributed by atoms with Crippen LogP contribution in [0.4, 0.5) is 5.69 Å². The molecule has 3 N–H and O–H groups in total. The van der Waals surface area contributed by atoms with Crippen LogP contribution >= 0.6 is 11.3 Å². The Morgan fingerprint density at radius 1 is 1.45 bits per heavy atom. The molecule has 5 nitrogen and oxygen atoms in total. The molecular formula is C14H18N4OS. The van der Waals surface area contributed by atoms with Gasteiger partial charge in [-0.15, -0.1) is 11.3 Å². The van der Waals surface area contributed by atoms with Crippen molar-refractivity contribution in [3.8, 4) is 0 Å². The van der Waals surface area contributed by atoms with Crippen LogP contribution in [-0.2, 0) is 17.9 Å². The molecule has 0 atom stereocenters. The lowest BCUT2D eigenvalue weighted by atomic mass is 10.2. The summed E-state index contributed by atoms with van der Waals surface area (Å²) in [5.74, 6) is 0.390. The van der Waals surface area contributed by atoms with E-state index in [1.165, 1.54) is 0 Å². The van der Waals surface area contributed by atoms with Crippen molar-refractivity contribution >= 4 is 23.0 Å². The minimum atomic E-state index is 0.390. The Labute approximate surface area is 122 Å². The molecule has 0 amide bonds. The number of para-hydroxylation sites is 1. The van der Waals surface area contributed by atoms with E-state index in [9.17, 15) is 0 Å². The van der Waals surface area contributed by atoms with E-state index in [0.717, 1.165) is 21.8 Å². The number of rotatable bonds is 5. The number of aromatic nitrogens is 1. The van der Waals surface area contributed by atoms with Crippen LogP contribution in [0.1, 0.15) is 16.1 Å². The lowest BCUT2D eigenvalue weighted by Crippen LogP contribution is -2.23. The van der Waals surface area contributed by atoms with Gasteiger partial charge in [0.1, 0.15) is 0 Å². The van der Waals surface area contributed by atoms with Gasteiger partial charge in [-0.2, -0.15) is 0 Å². The van der Waals surface area contributed by atoms with Crippen LogP contribution < -0.4 is 11.1 Å². The second-order valence-electron chi connectivity index (χ2n) is 4.28. The van der Waals surface area contributed by atoms with Crippen LogP contribution in [0.15, 0.2) is 34.8 Å². The maximum absolute atomic E-state index is 5.92. The molecule has 6 heteroatoms. The second kappa shape index (κ2) is 7.02. The maximum atomic E-state index is 5.92. The highest BCUT2D eigenvalue weighted by Gasteiger charge is 2.03. The number of aryl methyl sites for hydroxylation is 1. The molecule has 1 aromatic carbocycles. The standard InChI is InChI=1S/C14H18N4OS/c1-10-13(20-9-17-10)7-16-14(15)18-12-6-4-3-5-11(12)8-19-2/h3-6,9H,7-8H2,1-2H3,(H3,15,16,18). The molecule has 1 aromatic heterocycles. The van der Waals surface area contributed by atoms with E-state index >= 15 is 0 Å². The van der Waals surface area contributed by atoms with Gasteiger partial charge in [0.25, 0.3) is 0 Å². The highest BCUT2D eigenvalue weighted by atomic mass is 32.1. The van der Waals surface area contributed by atoms with Crippen molar-refractivity contribution in [3.05, 3.63) is 45.9 Å². The molecule has 0 fully saturated rings. The molecule has 1 heterocycles. The van der Waals surface area contributed by atoms with Crippen molar-refractivity contribution in [2.45, 2.75) is 20.1 Å². The number of guanidine groups is 1. The number of ether oxygens (including phenoxy) is 1. The van der Waals surface area contributed by atoms with Crippen molar-refractivity contribution in [1.29, 1.82) is 0 Å². The quantitative estimate of drug-likeness (QED) is 0.655. The normalized spacial score (nSPS) is 11.6. The Kier molecular flexibility index (Phi) is 5.09. The van der Waals surface area contributed by atoms with Gasteiger partial charge in [-0.1, -0.05) is 18.2 Å². The van der Waals surface area contributed by atoms with Crippen molar-refractivity contribution in [3.63, 3.8) is 0 Å². The van der Waals surface area contributed by atoms with E-state index in [1.54, 1.807) is 18.4 Å². The van der Waals surface area contributed by atoms with Crippen LogP contribution in [0.5, 0.6) is 0 Å². The Balaban J connectivity index is 2.04. The van der Waals surface area contributed by atoms with E-state index in [4.69, 9.17) is 10.5 Å². The summed E-state index contributed by atoms with van der Waals surface area (Å²) in [7, 11) is 1.67. The van der Waals surface area contributed by atoms with Crippen molar-refractivity contribution in [2.24, 2.45) is 10.7 Å². The average molecular weight is 290 g/mol. The minimum Gasteiger partial charge on any atom is -0.380 e. The molecule has 20 heavy (non-hydrogen) atoms. The van der Waals surface area contributed by atoms with Crippen LogP contribution in [0.25, 0.3) is 0 Å². The molecule has 0 radical (unpaired) electrons. The topological polar surface area (TPSA) is 72.5 Å². The number of thiazole rings is 1. The molecule has 0 aliphatic carbocycles. The number of anilines is 1. The van der Waals surface area contributed by atoms with Crippen molar-refractivity contribution in [2.75, 3.05) is 12.4 Å². The monoisotopic (exact) mass is 290 g/mol. The molecule has 0 saturated carbocycles. The molecule has 0 saturated heterocycles. The molecule has 0 aliphatic rings. The third-order valence-electron chi connectivity index (χ3n) is 2.82. The van der Waals surface area contributed by atoms with E-state index in [2.05, 4.69) is 15.3 Å². The van der Waals surface area contributed by atoms with Gasteiger partial charge < -0.3 is 15.8 Å². The van der Waals surface area contributed by atoms with Crippen LogP contribution in [-0.4, -0.2) is 18.1 Å². The summed E-state index contributed by atoms with van der Waals surface area (Å²) in [5.41, 5.74) is 10.7. The van der Waals surface area contributed by atoms with Crippen LogP contribution in [0, 0.1) is 6.92 Å². The summed E-state index contributed by atoms with van der Waals surface area (Å²) in [6.07, 6.45) is 0. The number of hydrogen-bond acceptors (Lipinski definition) is 4. The number of benzene rings is 1. The number of nitrogens with zero attached hydrogens (tertiary/aromatic N) is 2. The number of aliphatic imine (C=N–C) groups is 1. The van der Waals surface area contributed by atoms with E-state index in [0.29, 0.717) is 19.1 Å². The fourth-order valence-electron chi connectivity index (χ4n) is 1.74. The zero-order valence-corrected chi connectivity index (χ0v) is 12.4. The highest BCUT2D eigenvalue weighted by molar-refractivity contribution is 7.09. The van der Waals surface area contributed by atoms with Crippen LogP contribution in [0.2, 0.25) is 0 Å². The molecule has 2 aromatic rings. The number of hydrogen-bond donors (Lipinski definition) is 2. The summed E-state index contributed by atoms with van der Waals surface area (Å²) in [4.78, 5) is 9.65. The van der Waals surface area contributed by atoms with E-state index in [1.807, 2.05) is 36.7 Å². The Morgan fingerprint density at radius 2 is 2.25 bits per heavy atom. The predicted molar refractivity (Wildman–Crippen MR) is 83.0 cm³/mol. The molecular weight excluding hydrogens is 272 g/mol. The Hall–Kier alpha value is -1.92. The van der Waals surface area contributed by atoms with E-state index < -0.39 is 0 Å². The summed E-state index contributed by atoms with van der Waals surface area (Å²) in [5, 5.41) is 3.11. The lowest BCUT2D eigenvalue weighted by Gasteiger charge is -2.10. The molecule has 0 aliphatic heterocycles. The first kappa shape index (κ1) is 14.5. The Morgan fingerprint density at radius 3 is 2.95 bits per heavy atom. The van der Waals surface area contributed by atoms with Crippen LogP contribution in [0.3, 0.4) is 0 Å². The molecule has 2 rings (SSSR count).